The Balaban J connectivity index is 1.63. The maximum absolute atomic E-state index is 12.9. The van der Waals surface area contributed by atoms with Crippen LogP contribution in [0.5, 0.6) is 11.5 Å². The third kappa shape index (κ3) is 6.24. The molecule has 0 aromatic heterocycles. The van der Waals surface area contributed by atoms with Gasteiger partial charge in [0.1, 0.15) is 23.4 Å². The number of ether oxygens (including phenoxy) is 5. The van der Waals surface area contributed by atoms with Crippen molar-refractivity contribution >= 4 is 6.09 Å². The second-order valence-corrected chi connectivity index (χ2v) is 12.0. The van der Waals surface area contributed by atoms with Gasteiger partial charge < -0.3 is 33.7 Å². The maximum Gasteiger partial charge on any atom is 0.410 e. The average molecular weight is 518 g/mol. The first-order valence-corrected chi connectivity index (χ1v) is 13.4. The molecule has 4 atom stereocenters. The van der Waals surface area contributed by atoms with Crippen LogP contribution in [0.15, 0.2) is 29.8 Å². The number of para-hydroxylation sites is 1. The van der Waals surface area contributed by atoms with E-state index in [9.17, 15) is 9.90 Å². The molecule has 0 radical (unpaired) electrons. The Bertz CT molecular complexity index is 998. The van der Waals surface area contributed by atoms with Crippen LogP contribution in [0.2, 0.25) is 0 Å². The molecule has 8 nitrogen and oxygen atoms in total. The van der Waals surface area contributed by atoms with Gasteiger partial charge in [0.05, 0.1) is 32.5 Å². The molecule has 1 N–H and O–H groups in total. The molecule has 1 aromatic rings. The van der Waals surface area contributed by atoms with Crippen molar-refractivity contribution in [3.8, 4) is 11.5 Å². The molecule has 1 aromatic carbocycles. The first-order chi connectivity index (χ1) is 17.5. The van der Waals surface area contributed by atoms with Gasteiger partial charge >= 0.3 is 6.09 Å². The Morgan fingerprint density at radius 1 is 1.30 bits per heavy atom. The van der Waals surface area contributed by atoms with Gasteiger partial charge in [-0.1, -0.05) is 23.8 Å². The Hall–Kier alpha value is -2.29. The number of carbonyl (C=O) groups excluding carboxylic acids is 1. The first-order valence-electron chi connectivity index (χ1n) is 13.4. The van der Waals surface area contributed by atoms with E-state index in [1.807, 2.05) is 39.0 Å². The fourth-order valence-corrected chi connectivity index (χ4v) is 5.63. The monoisotopic (exact) mass is 517 g/mol. The summed E-state index contributed by atoms with van der Waals surface area (Å²) in [7, 11) is 0. The first kappa shape index (κ1) is 27.7. The standard InChI is InChI=1S/C29H43NO7/c1-20(2)9-8-12-28(6)22-17-29(18-30(13-15-35-29)26(32)37-27(3,4)5)19-34-24(22)21-10-7-11-23(25(21)36-28)33-16-14-31/h7,9-11,22,24,31H,8,12-19H2,1-6H3/t22-,24+,28+,29+/m0/s1. The number of hydrogen-bond donors (Lipinski definition) is 1. The van der Waals surface area contributed by atoms with Crippen LogP contribution in [-0.4, -0.2) is 72.4 Å². The molecule has 0 unspecified atom stereocenters. The molecule has 3 aliphatic heterocycles. The van der Waals surface area contributed by atoms with Crippen LogP contribution in [0.1, 0.15) is 72.5 Å². The van der Waals surface area contributed by atoms with Crippen molar-refractivity contribution in [2.24, 2.45) is 5.92 Å². The molecular formula is C29H43NO7. The molecule has 3 heterocycles. The zero-order chi connectivity index (χ0) is 26.8. The highest BCUT2D eigenvalue weighted by molar-refractivity contribution is 5.68. The summed E-state index contributed by atoms with van der Waals surface area (Å²) in [6, 6.07) is 5.84. The van der Waals surface area contributed by atoms with E-state index < -0.39 is 16.8 Å². The number of aliphatic hydroxyl groups is 1. The number of carbonyl (C=O) groups is 1. The predicted molar refractivity (Wildman–Crippen MR) is 140 cm³/mol. The number of fused-ring (bicyclic) bond motifs is 3. The Labute approximate surface area is 220 Å². The van der Waals surface area contributed by atoms with E-state index in [-0.39, 0.29) is 31.3 Å². The third-order valence-corrected chi connectivity index (χ3v) is 7.36. The van der Waals surface area contributed by atoms with Crippen LogP contribution in [-0.2, 0) is 14.2 Å². The molecule has 4 rings (SSSR count). The normalized spacial score (nSPS) is 29.1. The van der Waals surface area contributed by atoms with Crippen molar-refractivity contribution in [2.45, 2.75) is 83.7 Å². The van der Waals surface area contributed by atoms with Crippen molar-refractivity contribution in [3.63, 3.8) is 0 Å². The van der Waals surface area contributed by atoms with Gasteiger partial charge in [0.2, 0.25) is 0 Å². The lowest BCUT2D eigenvalue weighted by Crippen LogP contribution is -2.63. The van der Waals surface area contributed by atoms with Crippen LogP contribution in [0.25, 0.3) is 0 Å². The summed E-state index contributed by atoms with van der Waals surface area (Å²) >= 11 is 0. The molecule has 37 heavy (non-hydrogen) atoms. The van der Waals surface area contributed by atoms with Crippen LogP contribution >= 0.6 is 0 Å². The molecule has 0 bridgehead atoms. The van der Waals surface area contributed by atoms with E-state index in [4.69, 9.17) is 23.7 Å². The van der Waals surface area contributed by atoms with Gasteiger partial charge in [0.25, 0.3) is 0 Å². The molecule has 0 aliphatic carbocycles. The number of rotatable bonds is 6. The van der Waals surface area contributed by atoms with Gasteiger partial charge in [-0.25, -0.2) is 4.79 Å². The van der Waals surface area contributed by atoms with E-state index >= 15 is 0 Å². The smallest absolute Gasteiger partial charge is 0.410 e. The molecular weight excluding hydrogens is 474 g/mol. The van der Waals surface area contributed by atoms with Crippen LogP contribution in [0.4, 0.5) is 4.79 Å². The average Bonchev–Trinajstić information content (AvgIpc) is 2.82. The number of benzene rings is 1. The van der Waals surface area contributed by atoms with Gasteiger partial charge in [-0.3, -0.25) is 0 Å². The molecule has 1 amide bonds. The van der Waals surface area contributed by atoms with Crippen LogP contribution < -0.4 is 9.47 Å². The molecule has 1 spiro atoms. The molecule has 2 fully saturated rings. The van der Waals surface area contributed by atoms with Crippen molar-refractivity contribution in [1.82, 2.24) is 4.90 Å². The van der Waals surface area contributed by atoms with Gasteiger partial charge in [-0.05, 0) is 66.9 Å². The largest absolute Gasteiger partial charge is 0.487 e. The number of allylic oxidation sites excluding steroid dienone is 2. The van der Waals surface area contributed by atoms with E-state index in [0.717, 1.165) is 18.4 Å². The molecule has 206 valence electrons. The lowest BCUT2D eigenvalue weighted by Gasteiger charge is -2.55. The lowest BCUT2D eigenvalue weighted by molar-refractivity contribution is -0.231. The van der Waals surface area contributed by atoms with E-state index in [0.29, 0.717) is 44.2 Å². The van der Waals surface area contributed by atoms with E-state index in [1.54, 1.807) is 4.90 Å². The van der Waals surface area contributed by atoms with Crippen molar-refractivity contribution in [1.29, 1.82) is 0 Å². The lowest BCUT2D eigenvalue weighted by atomic mass is 9.69. The predicted octanol–water partition coefficient (Wildman–Crippen LogP) is 5.04. The minimum absolute atomic E-state index is 0.00555. The SMILES string of the molecule is CC(C)=CCC[C@@]1(C)Oc2c(OCCO)cccc2[C@H]2OC[C@@]3(C[C@@H]21)CN(C(=O)OC(C)(C)C)CCO3. The minimum Gasteiger partial charge on any atom is -0.487 e. The van der Waals surface area contributed by atoms with Crippen molar-refractivity contribution in [2.75, 3.05) is 39.5 Å². The Kier molecular flexibility index (Phi) is 8.12. The summed E-state index contributed by atoms with van der Waals surface area (Å²) in [6.45, 7) is 13.8. The van der Waals surface area contributed by atoms with Gasteiger partial charge in [-0.15, -0.1) is 0 Å². The third-order valence-electron chi connectivity index (χ3n) is 7.36. The second-order valence-electron chi connectivity index (χ2n) is 12.0. The topological polar surface area (TPSA) is 86.7 Å². The van der Waals surface area contributed by atoms with Gasteiger partial charge in [0.15, 0.2) is 11.5 Å². The fourth-order valence-electron chi connectivity index (χ4n) is 5.63. The van der Waals surface area contributed by atoms with E-state index in [1.165, 1.54) is 5.57 Å². The minimum atomic E-state index is -0.625. The Morgan fingerprint density at radius 2 is 2.08 bits per heavy atom. The zero-order valence-corrected chi connectivity index (χ0v) is 23.2. The quantitative estimate of drug-likeness (QED) is 0.529. The zero-order valence-electron chi connectivity index (χ0n) is 23.2. The fraction of sp³-hybridized carbons (Fsp3) is 0.690. The van der Waals surface area contributed by atoms with Crippen molar-refractivity contribution < 1.29 is 33.6 Å². The van der Waals surface area contributed by atoms with Crippen LogP contribution in [0, 0.1) is 5.92 Å². The number of aliphatic hydroxyl groups excluding tert-OH is 1. The summed E-state index contributed by atoms with van der Waals surface area (Å²) in [4.78, 5) is 14.6. The Morgan fingerprint density at radius 3 is 2.78 bits per heavy atom. The summed E-state index contributed by atoms with van der Waals surface area (Å²) in [5.41, 5.74) is 0.488. The highest BCUT2D eigenvalue weighted by Gasteiger charge is 2.56. The molecule has 3 aliphatic rings. The molecule has 8 heteroatoms. The number of morpholine rings is 1. The maximum atomic E-state index is 12.9. The number of hydrogen-bond acceptors (Lipinski definition) is 7. The summed E-state index contributed by atoms with van der Waals surface area (Å²) in [6.07, 6.45) is 4.08. The summed E-state index contributed by atoms with van der Waals surface area (Å²) in [5.74, 6) is 1.31. The van der Waals surface area contributed by atoms with E-state index in [2.05, 4.69) is 26.8 Å². The summed E-state index contributed by atoms with van der Waals surface area (Å²) in [5, 5.41) is 9.31. The second kappa shape index (κ2) is 10.8. The number of nitrogens with zero attached hydrogens (tertiary/aromatic N) is 1. The highest BCUT2D eigenvalue weighted by atomic mass is 16.6. The molecule has 0 saturated carbocycles. The highest BCUT2D eigenvalue weighted by Crippen LogP contribution is 2.55. The van der Waals surface area contributed by atoms with Gasteiger partial charge in [-0.2, -0.15) is 0 Å². The summed E-state index contributed by atoms with van der Waals surface area (Å²) < 4.78 is 31.3. The van der Waals surface area contributed by atoms with Gasteiger partial charge in [0, 0.05) is 18.0 Å². The van der Waals surface area contributed by atoms with Crippen LogP contribution in [0.3, 0.4) is 0 Å². The number of amides is 1. The van der Waals surface area contributed by atoms with Crippen molar-refractivity contribution in [3.05, 3.63) is 35.4 Å². The molecule has 2 saturated heterocycles.